The first-order chi connectivity index (χ1) is 16.0. The molecule has 3 heterocycles. The van der Waals surface area contributed by atoms with Crippen LogP contribution in [0, 0.1) is 5.92 Å². The summed E-state index contributed by atoms with van der Waals surface area (Å²) in [7, 11) is 0. The number of aliphatic hydroxyl groups excluding tert-OH is 1. The molecule has 0 bridgehead atoms. The third-order valence-electron chi connectivity index (χ3n) is 6.43. The van der Waals surface area contributed by atoms with Crippen LogP contribution >= 0.6 is 0 Å². The molecule has 4 amide bonds. The van der Waals surface area contributed by atoms with E-state index in [1.807, 2.05) is 20.8 Å². The number of benzene rings is 1. The number of carbonyl (C=O) groups excluding carboxylic acids is 4. The zero-order valence-electron chi connectivity index (χ0n) is 19.8. The monoisotopic (exact) mass is 472 g/mol. The lowest BCUT2D eigenvalue weighted by molar-refractivity contribution is -0.131. The van der Waals surface area contributed by atoms with Crippen LogP contribution in [0.1, 0.15) is 67.2 Å². The van der Waals surface area contributed by atoms with Crippen molar-refractivity contribution in [3.8, 4) is 0 Å². The molecule has 3 N–H and O–H groups in total. The van der Waals surface area contributed by atoms with Gasteiger partial charge >= 0.3 is 6.09 Å². The molecule has 34 heavy (non-hydrogen) atoms. The Morgan fingerprint density at radius 1 is 1.12 bits per heavy atom. The van der Waals surface area contributed by atoms with Crippen molar-refractivity contribution in [3.05, 3.63) is 29.3 Å². The second-order valence-electron chi connectivity index (χ2n) is 10.1. The van der Waals surface area contributed by atoms with Gasteiger partial charge < -0.3 is 25.4 Å². The fraction of sp³-hybridized carbons (Fsp3) is 0.583. The molecule has 0 aliphatic carbocycles. The number of nitrogens with one attached hydrogen (secondary N) is 2. The summed E-state index contributed by atoms with van der Waals surface area (Å²) in [5.41, 5.74) is 0.578. The molecule has 2 unspecified atom stereocenters. The van der Waals surface area contributed by atoms with Gasteiger partial charge in [0.25, 0.3) is 11.8 Å². The van der Waals surface area contributed by atoms with E-state index in [2.05, 4.69) is 10.6 Å². The Kier molecular flexibility index (Phi) is 6.53. The van der Waals surface area contributed by atoms with E-state index in [9.17, 15) is 24.3 Å². The molecule has 3 aliphatic rings. The highest BCUT2D eigenvalue weighted by Gasteiger charge is 2.45. The lowest BCUT2D eigenvalue weighted by atomic mass is 9.96. The summed E-state index contributed by atoms with van der Waals surface area (Å²) < 4.78 is 5.44. The van der Waals surface area contributed by atoms with Crippen LogP contribution in [0.25, 0.3) is 0 Å². The minimum absolute atomic E-state index is 0.220. The van der Waals surface area contributed by atoms with E-state index >= 15 is 0 Å². The second-order valence-corrected chi connectivity index (χ2v) is 10.1. The van der Waals surface area contributed by atoms with Crippen molar-refractivity contribution in [2.45, 2.75) is 64.3 Å². The number of likely N-dealkylation sites (tertiary alicyclic amines) is 1. The van der Waals surface area contributed by atoms with E-state index in [0.29, 0.717) is 31.2 Å². The van der Waals surface area contributed by atoms with Crippen LogP contribution in [0.5, 0.6) is 0 Å². The summed E-state index contributed by atoms with van der Waals surface area (Å²) in [5, 5.41) is 15.3. The zero-order chi connectivity index (χ0) is 24.6. The molecule has 0 radical (unpaired) electrons. The van der Waals surface area contributed by atoms with Crippen LogP contribution in [0.4, 0.5) is 10.5 Å². The maximum Gasteiger partial charge on any atom is 0.410 e. The highest BCUT2D eigenvalue weighted by Crippen LogP contribution is 2.33. The van der Waals surface area contributed by atoms with Gasteiger partial charge in [0, 0.05) is 25.3 Å². The van der Waals surface area contributed by atoms with Crippen molar-refractivity contribution in [3.63, 3.8) is 0 Å². The summed E-state index contributed by atoms with van der Waals surface area (Å²) in [6, 6.07) is 4.14. The number of carbonyl (C=O) groups is 4. The number of fused-ring (bicyclic) bond motifs is 1. The summed E-state index contributed by atoms with van der Waals surface area (Å²) >= 11 is 0. The largest absolute Gasteiger partial charge is 0.444 e. The molecule has 10 heteroatoms. The Balaban J connectivity index is 1.38. The smallest absolute Gasteiger partial charge is 0.410 e. The third kappa shape index (κ3) is 4.86. The predicted octanol–water partition coefficient (Wildman–Crippen LogP) is 1.94. The van der Waals surface area contributed by atoms with Crippen LogP contribution in [-0.4, -0.2) is 76.2 Å². The number of imide groups is 1. The fourth-order valence-corrected chi connectivity index (χ4v) is 4.66. The number of nitrogens with zero attached hydrogens (tertiary/aromatic N) is 2. The number of hydrogen-bond donors (Lipinski definition) is 3. The summed E-state index contributed by atoms with van der Waals surface area (Å²) in [5.74, 6) is -1.23. The molecule has 1 aromatic carbocycles. The Morgan fingerprint density at radius 3 is 2.47 bits per heavy atom. The van der Waals surface area contributed by atoms with Crippen LogP contribution in [-0.2, 0) is 9.53 Å². The van der Waals surface area contributed by atoms with E-state index in [-0.39, 0.29) is 30.1 Å². The van der Waals surface area contributed by atoms with Crippen molar-refractivity contribution in [2.75, 3.05) is 25.0 Å². The molecule has 4 rings (SSSR count). The maximum absolute atomic E-state index is 13.2. The Hall–Kier alpha value is -3.14. The van der Waals surface area contributed by atoms with Crippen LogP contribution < -0.4 is 10.6 Å². The first-order valence-corrected chi connectivity index (χ1v) is 11.8. The number of hydrogen-bond acceptors (Lipinski definition) is 7. The van der Waals surface area contributed by atoms with Gasteiger partial charge in [-0.15, -0.1) is 0 Å². The number of anilines is 1. The van der Waals surface area contributed by atoms with Gasteiger partial charge in [0.1, 0.15) is 17.9 Å². The molecule has 2 atom stereocenters. The molecule has 0 saturated carbocycles. The van der Waals surface area contributed by atoms with Gasteiger partial charge in [-0.1, -0.05) is 6.07 Å². The van der Waals surface area contributed by atoms with Gasteiger partial charge in [-0.2, -0.15) is 0 Å². The number of amides is 4. The first-order valence-electron chi connectivity index (χ1n) is 11.8. The quantitative estimate of drug-likeness (QED) is 0.571. The number of piperidine rings is 2. The molecule has 0 aromatic heterocycles. The van der Waals surface area contributed by atoms with Crippen LogP contribution in [0.15, 0.2) is 18.2 Å². The van der Waals surface area contributed by atoms with Gasteiger partial charge in [0.05, 0.1) is 11.1 Å². The van der Waals surface area contributed by atoms with Gasteiger partial charge in [0.2, 0.25) is 5.91 Å². The minimum Gasteiger partial charge on any atom is -0.444 e. The number of aliphatic hydroxyl groups is 1. The van der Waals surface area contributed by atoms with Gasteiger partial charge in [-0.3, -0.25) is 19.3 Å². The van der Waals surface area contributed by atoms with Gasteiger partial charge in [-0.25, -0.2) is 4.79 Å². The molecular formula is C24H32N4O6. The van der Waals surface area contributed by atoms with Crippen molar-refractivity contribution in [2.24, 2.45) is 5.92 Å². The topological polar surface area (TPSA) is 128 Å². The van der Waals surface area contributed by atoms with E-state index in [1.165, 1.54) is 0 Å². The molecule has 1 aromatic rings. The van der Waals surface area contributed by atoms with Gasteiger partial charge in [-0.05, 0) is 64.5 Å². The van der Waals surface area contributed by atoms with E-state index in [1.54, 1.807) is 23.1 Å². The molecular weight excluding hydrogens is 440 g/mol. The number of ether oxygens (including phenoxy) is 1. The van der Waals surface area contributed by atoms with Crippen molar-refractivity contribution in [1.29, 1.82) is 0 Å². The predicted molar refractivity (Wildman–Crippen MR) is 123 cm³/mol. The minimum atomic E-state index is -0.960. The average Bonchev–Trinajstić information content (AvgIpc) is 3.02. The van der Waals surface area contributed by atoms with Crippen molar-refractivity contribution >= 4 is 29.5 Å². The zero-order valence-corrected chi connectivity index (χ0v) is 19.8. The second kappa shape index (κ2) is 9.25. The van der Waals surface area contributed by atoms with E-state index in [0.717, 1.165) is 17.7 Å². The summed E-state index contributed by atoms with van der Waals surface area (Å²) in [4.78, 5) is 53.5. The SMILES string of the molecule is CC(C)(C)OC(=O)N1CCC(CNc2cccc3c2C(=O)N(C2CCC(O)NC2=O)C3=O)CC1. The normalized spacial score (nSPS) is 23.6. The fourth-order valence-electron chi connectivity index (χ4n) is 4.66. The van der Waals surface area contributed by atoms with Crippen molar-refractivity contribution < 1.29 is 29.0 Å². The summed E-state index contributed by atoms with van der Waals surface area (Å²) in [6.45, 7) is 7.32. The standard InChI is InChI=1S/C24H32N4O6/c1-24(2,3)34-23(33)27-11-9-14(10-12-27)13-25-16-6-4-5-15-19(16)22(32)28(21(15)31)17-7-8-18(29)26-20(17)30/h4-6,14,17-18,25,29H,7-13H2,1-3H3,(H,26,30). The van der Waals surface area contributed by atoms with E-state index in [4.69, 9.17) is 4.74 Å². The van der Waals surface area contributed by atoms with E-state index < -0.39 is 35.6 Å². The van der Waals surface area contributed by atoms with Crippen LogP contribution in [0.2, 0.25) is 0 Å². The molecule has 3 aliphatic heterocycles. The Labute approximate surface area is 198 Å². The van der Waals surface area contributed by atoms with Crippen molar-refractivity contribution in [1.82, 2.24) is 15.1 Å². The molecule has 2 saturated heterocycles. The highest BCUT2D eigenvalue weighted by atomic mass is 16.6. The number of rotatable bonds is 4. The molecule has 184 valence electrons. The maximum atomic E-state index is 13.2. The lowest BCUT2D eigenvalue weighted by Gasteiger charge is -2.33. The summed E-state index contributed by atoms with van der Waals surface area (Å²) in [6.07, 6.45) is 0.825. The molecule has 2 fully saturated rings. The molecule has 0 spiro atoms. The highest BCUT2D eigenvalue weighted by molar-refractivity contribution is 6.25. The van der Waals surface area contributed by atoms with Crippen LogP contribution in [0.3, 0.4) is 0 Å². The third-order valence-corrected chi connectivity index (χ3v) is 6.43. The first kappa shape index (κ1) is 24.0. The Morgan fingerprint density at radius 2 is 1.82 bits per heavy atom. The molecule has 10 nitrogen and oxygen atoms in total. The lowest BCUT2D eigenvalue weighted by Crippen LogP contribution is -2.55. The van der Waals surface area contributed by atoms with Gasteiger partial charge in [0.15, 0.2) is 0 Å². The Bertz CT molecular complexity index is 996. The average molecular weight is 473 g/mol.